The van der Waals surface area contributed by atoms with Gasteiger partial charge in [0.05, 0.1) is 0 Å². The number of rotatable bonds is 1. The summed E-state index contributed by atoms with van der Waals surface area (Å²) < 4.78 is 74.3. The summed E-state index contributed by atoms with van der Waals surface area (Å²) in [5.74, 6) is -5.28. The van der Waals surface area contributed by atoms with E-state index in [9.17, 15) is 26.3 Å². The van der Waals surface area contributed by atoms with Crippen LogP contribution in [0.4, 0.5) is 26.3 Å². The number of hydrogen-bond acceptors (Lipinski definition) is 0. The van der Waals surface area contributed by atoms with Gasteiger partial charge in [-0.15, -0.1) is 0 Å². The van der Waals surface area contributed by atoms with E-state index in [2.05, 4.69) is 15.9 Å². The first-order chi connectivity index (χ1) is 6.75. The van der Waals surface area contributed by atoms with E-state index in [1.807, 2.05) is 0 Å². The molecular formula is C8H3BrF6. The molecule has 0 saturated heterocycles. The van der Waals surface area contributed by atoms with E-state index < -0.39 is 34.0 Å². The molecule has 84 valence electrons. The van der Waals surface area contributed by atoms with Crippen molar-refractivity contribution < 1.29 is 26.3 Å². The van der Waals surface area contributed by atoms with Gasteiger partial charge in [-0.25, -0.2) is 13.2 Å². The van der Waals surface area contributed by atoms with Gasteiger partial charge in [0, 0.05) is 5.56 Å². The highest BCUT2D eigenvalue weighted by molar-refractivity contribution is 9.09. The van der Waals surface area contributed by atoms with Gasteiger partial charge in [0.1, 0.15) is 4.83 Å². The lowest BCUT2D eigenvalue weighted by atomic mass is 10.1. The lowest BCUT2D eigenvalue weighted by Gasteiger charge is -2.15. The van der Waals surface area contributed by atoms with Crippen molar-refractivity contribution in [1.82, 2.24) is 0 Å². The Morgan fingerprint density at radius 2 is 1.53 bits per heavy atom. The summed E-state index contributed by atoms with van der Waals surface area (Å²) >= 11 is 2.16. The standard InChI is InChI=1S/C8H3BrF6/c9-7(8(13,14)15)3-1-2-4(10)6(12)5(3)11/h1-2,7H/t7-/m0/s1. The van der Waals surface area contributed by atoms with Gasteiger partial charge in [0.2, 0.25) is 0 Å². The highest BCUT2D eigenvalue weighted by Crippen LogP contribution is 2.41. The molecule has 0 heterocycles. The summed E-state index contributed by atoms with van der Waals surface area (Å²) in [6.45, 7) is 0. The molecule has 15 heavy (non-hydrogen) atoms. The monoisotopic (exact) mass is 292 g/mol. The molecule has 0 nitrogen and oxygen atoms in total. The fourth-order valence-electron chi connectivity index (χ4n) is 0.913. The SMILES string of the molecule is Fc1ccc([C@H](Br)C(F)(F)F)c(F)c1F. The van der Waals surface area contributed by atoms with E-state index in [1.54, 1.807) is 0 Å². The first-order valence-electron chi connectivity index (χ1n) is 3.59. The first kappa shape index (κ1) is 12.4. The van der Waals surface area contributed by atoms with E-state index in [0.29, 0.717) is 12.1 Å². The molecule has 1 aromatic rings. The van der Waals surface area contributed by atoms with Crippen LogP contribution in [0.3, 0.4) is 0 Å². The van der Waals surface area contributed by atoms with Gasteiger partial charge >= 0.3 is 6.18 Å². The Balaban J connectivity index is 3.23. The lowest BCUT2D eigenvalue weighted by Crippen LogP contribution is -2.17. The molecule has 0 saturated carbocycles. The molecule has 0 bridgehead atoms. The van der Waals surface area contributed by atoms with Crippen LogP contribution in [0.5, 0.6) is 0 Å². The Labute approximate surface area is 89.0 Å². The van der Waals surface area contributed by atoms with Crippen molar-refractivity contribution in [1.29, 1.82) is 0 Å². The highest BCUT2D eigenvalue weighted by Gasteiger charge is 2.41. The average Bonchev–Trinajstić information content (AvgIpc) is 2.12. The third-order valence-electron chi connectivity index (χ3n) is 1.63. The Hall–Kier alpha value is -0.720. The lowest BCUT2D eigenvalue weighted by molar-refractivity contribution is -0.128. The number of hydrogen-bond donors (Lipinski definition) is 0. The maximum Gasteiger partial charge on any atom is 0.405 e. The second kappa shape index (κ2) is 4.03. The largest absolute Gasteiger partial charge is 0.405 e. The molecule has 7 heteroatoms. The van der Waals surface area contributed by atoms with E-state index in [-0.39, 0.29) is 0 Å². The fraction of sp³-hybridized carbons (Fsp3) is 0.250. The zero-order valence-electron chi connectivity index (χ0n) is 6.88. The Kier molecular flexibility index (Phi) is 3.32. The normalized spacial score (nSPS) is 14.1. The fourth-order valence-corrected chi connectivity index (χ4v) is 1.27. The van der Waals surface area contributed by atoms with Crippen molar-refractivity contribution >= 4 is 15.9 Å². The molecule has 0 aliphatic heterocycles. The predicted octanol–water partition coefficient (Wildman–Crippen LogP) is 4.10. The van der Waals surface area contributed by atoms with Gasteiger partial charge in [0.25, 0.3) is 0 Å². The van der Waals surface area contributed by atoms with Gasteiger partial charge in [-0.05, 0) is 6.07 Å². The molecule has 0 unspecified atom stereocenters. The summed E-state index contributed by atoms with van der Waals surface area (Å²) in [7, 11) is 0. The second-order valence-corrected chi connectivity index (χ2v) is 3.58. The van der Waals surface area contributed by atoms with Crippen LogP contribution in [-0.2, 0) is 0 Å². The van der Waals surface area contributed by atoms with Crippen molar-refractivity contribution in [3.63, 3.8) is 0 Å². The minimum absolute atomic E-state index is 0.438. The molecule has 1 aromatic carbocycles. The molecule has 0 spiro atoms. The molecule has 0 amide bonds. The van der Waals surface area contributed by atoms with Crippen LogP contribution in [-0.4, -0.2) is 6.18 Å². The molecule has 0 N–H and O–H groups in total. The molecule has 1 atom stereocenters. The summed E-state index contributed by atoms with van der Waals surface area (Å²) in [5.41, 5.74) is -0.985. The van der Waals surface area contributed by atoms with Gasteiger partial charge in [-0.2, -0.15) is 13.2 Å². The molecule has 0 aliphatic rings. The van der Waals surface area contributed by atoms with Crippen molar-refractivity contribution in [2.24, 2.45) is 0 Å². The minimum atomic E-state index is -4.77. The first-order valence-corrected chi connectivity index (χ1v) is 4.51. The van der Waals surface area contributed by atoms with Crippen LogP contribution < -0.4 is 0 Å². The van der Waals surface area contributed by atoms with Crippen LogP contribution in [0, 0.1) is 17.5 Å². The third kappa shape index (κ3) is 2.45. The van der Waals surface area contributed by atoms with Crippen LogP contribution in [0.2, 0.25) is 0 Å². The van der Waals surface area contributed by atoms with Crippen molar-refractivity contribution in [2.45, 2.75) is 11.0 Å². The van der Waals surface area contributed by atoms with E-state index in [4.69, 9.17) is 0 Å². The zero-order valence-corrected chi connectivity index (χ0v) is 8.46. The van der Waals surface area contributed by atoms with Gasteiger partial charge in [-0.1, -0.05) is 22.0 Å². The highest BCUT2D eigenvalue weighted by atomic mass is 79.9. The molecular weight excluding hydrogens is 290 g/mol. The van der Waals surface area contributed by atoms with Crippen molar-refractivity contribution in [3.8, 4) is 0 Å². The zero-order chi connectivity index (χ0) is 11.8. The van der Waals surface area contributed by atoms with Crippen LogP contribution in [0.15, 0.2) is 12.1 Å². The maximum absolute atomic E-state index is 12.9. The number of benzene rings is 1. The van der Waals surface area contributed by atoms with Crippen molar-refractivity contribution in [2.75, 3.05) is 0 Å². The van der Waals surface area contributed by atoms with E-state index >= 15 is 0 Å². The molecule has 0 fully saturated rings. The molecule has 1 rings (SSSR count). The summed E-state index contributed by atoms with van der Waals surface area (Å²) in [4.78, 5) is -2.36. The van der Waals surface area contributed by atoms with E-state index in [1.165, 1.54) is 0 Å². The van der Waals surface area contributed by atoms with Crippen LogP contribution in [0.1, 0.15) is 10.4 Å². The quantitative estimate of drug-likeness (QED) is 0.415. The Morgan fingerprint density at radius 1 is 1.00 bits per heavy atom. The van der Waals surface area contributed by atoms with E-state index in [0.717, 1.165) is 0 Å². The smallest absolute Gasteiger partial charge is 0.204 e. The van der Waals surface area contributed by atoms with Gasteiger partial charge in [-0.3, -0.25) is 0 Å². The minimum Gasteiger partial charge on any atom is -0.204 e. The average molecular weight is 293 g/mol. The molecule has 0 aromatic heterocycles. The third-order valence-corrected chi connectivity index (χ3v) is 2.64. The number of halogens is 7. The van der Waals surface area contributed by atoms with Gasteiger partial charge < -0.3 is 0 Å². The van der Waals surface area contributed by atoms with Crippen LogP contribution in [0.25, 0.3) is 0 Å². The topological polar surface area (TPSA) is 0 Å². The second-order valence-electron chi connectivity index (χ2n) is 2.67. The molecule has 0 aliphatic carbocycles. The van der Waals surface area contributed by atoms with Crippen molar-refractivity contribution in [3.05, 3.63) is 35.1 Å². The van der Waals surface area contributed by atoms with Gasteiger partial charge in [0.15, 0.2) is 17.5 Å². The Bertz CT molecular complexity index is 372. The predicted molar refractivity (Wildman–Crippen MR) is 44.0 cm³/mol. The van der Waals surface area contributed by atoms with Crippen LogP contribution >= 0.6 is 15.9 Å². The summed E-state index contributed by atoms with van der Waals surface area (Å²) in [6, 6.07) is 0.981. The Morgan fingerprint density at radius 3 is 2.00 bits per heavy atom. The number of alkyl halides is 4. The summed E-state index contributed by atoms with van der Waals surface area (Å²) in [6.07, 6.45) is -4.77. The summed E-state index contributed by atoms with van der Waals surface area (Å²) in [5, 5.41) is 0. The maximum atomic E-state index is 12.9. The molecule has 0 radical (unpaired) electrons.